The number of anilines is 1. The second kappa shape index (κ2) is 9.69. The van der Waals surface area contributed by atoms with Gasteiger partial charge in [-0.25, -0.2) is 38.4 Å². The molecule has 7 heterocycles. The number of nitrogens with one attached hydrogen (secondary N) is 1. The van der Waals surface area contributed by atoms with E-state index in [0.29, 0.717) is 5.82 Å². The van der Waals surface area contributed by atoms with E-state index < -0.39 is 88.1 Å². The fourth-order valence-electron chi connectivity index (χ4n) is 7.54. The maximum absolute atomic E-state index is 16.4. The van der Waals surface area contributed by atoms with Crippen LogP contribution in [0.2, 0.25) is 0 Å². The second-order valence-electron chi connectivity index (χ2n) is 12.4. The number of rotatable bonds is 2. The van der Waals surface area contributed by atoms with Gasteiger partial charge in [0, 0.05) is 5.41 Å². The summed E-state index contributed by atoms with van der Waals surface area (Å²) in [6.45, 7) is -0.0164. The molecule has 0 radical (unpaired) electrons. The first kappa shape index (κ1) is 29.9. The standard InChI is InChI=1S/C24H26FN9O11P2/c1-9-31-20-13(21(35)32-9)30-8-34(20)22-15-17-24(43-22,4-40-15)5-42-47(38,39)44-16-11(25)14(10-2-23(10,16)3-41-46(36,37)45-17)33-7-29-12-18(26)27-6-28-19(12)33/h6-8,10-11,14-17,22H,2-5H2,1H3,(H,36,37)(H,38,39)(H2,26,27,28)(H,31,32,35)/t10-,11+,14-,15-,16+,17+,22-,23-,24-/m1/s1. The molecule has 2 saturated carbocycles. The summed E-state index contributed by atoms with van der Waals surface area (Å²) in [4.78, 5) is 57.6. The smallest absolute Gasteiger partial charge is 0.382 e. The topological polar surface area (TPSA) is 263 Å². The lowest BCUT2D eigenvalue weighted by Gasteiger charge is -2.34. The molecule has 20 nitrogen and oxygen atoms in total. The molecule has 3 saturated heterocycles. The number of hydrogen-bond donors (Lipinski definition) is 4. The molecule has 4 aromatic rings. The Balaban J connectivity index is 1.05. The maximum Gasteiger partial charge on any atom is 0.472 e. The number of phosphoric ester groups is 2. The first-order valence-electron chi connectivity index (χ1n) is 14.4. The van der Waals surface area contributed by atoms with E-state index in [9.17, 15) is 23.7 Å². The summed E-state index contributed by atoms with van der Waals surface area (Å²) in [5, 5.41) is 0. The van der Waals surface area contributed by atoms with Crippen LogP contribution in [0.3, 0.4) is 0 Å². The molecule has 9 rings (SSSR count). The number of halogens is 1. The van der Waals surface area contributed by atoms with Crippen LogP contribution in [0.25, 0.3) is 22.3 Å². The van der Waals surface area contributed by atoms with Gasteiger partial charge in [0.1, 0.15) is 47.8 Å². The van der Waals surface area contributed by atoms with Gasteiger partial charge in [0.15, 0.2) is 28.9 Å². The number of ether oxygens (including phenoxy) is 2. The van der Waals surface area contributed by atoms with Crippen LogP contribution >= 0.6 is 15.6 Å². The Kier molecular flexibility index (Phi) is 6.16. The second-order valence-corrected chi connectivity index (χ2v) is 15.2. The monoisotopic (exact) mass is 697 g/mol. The molecular formula is C24H26FN9O11P2. The largest absolute Gasteiger partial charge is 0.472 e. The number of phosphoric acid groups is 2. The minimum atomic E-state index is -5.04. The number of nitrogen functional groups attached to an aromatic ring is 1. The summed E-state index contributed by atoms with van der Waals surface area (Å²) in [5.74, 6) is -0.212. The number of nitrogens with zero attached hydrogens (tertiary/aromatic N) is 7. The van der Waals surface area contributed by atoms with E-state index >= 15 is 4.39 Å². The SMILES string of the molecule is Cc1nc2c(ncn2[C@@H]2O[C@@]34CO[C@@H]2[C@@H]3OP(=O)(O)OC[C@]23C[C@@H]2[C@@H](n2cnc5c(N)ncnc52)[C@H](F)[C@@H]3OP(=O)(O)OC4)c(=O)[nH]1. The summed E-state index contributed by atoms with van der Waals surface area (Å²) in [6.07, 6.45) is -3.11. The van der Waals surface area contributed by atoms with Crippen molar-refractivity contribution in [3.63, 3.8) is 0 Å². The van der Waals surface area contributed by atoms with Gasteiger partial charge in [-0.2, -0.15) is 0 Å². The first-order chi connectivity index (χ1) is 22.3. The van der Waals surface area contributed by atoms with Gasteiger partial charge in [-0.15, -0.1) is 0 Å². The summed E-state index contributed by atoms with van der Waals surface area (Å²) >= 11 is 0. The molecule has 3 aliphatic heterocycles. The molecule has 2 aliphatic carbocycles. The summed E-state index contributed by atoms with van der Waals surface area (Å²) in [6, 6.07) is -1.01. The normalized spacial score (nSPS) is 42.9. The summed E-state index contributed by atoms with van der Waals surface area (Å²) in [7, 11) is -9.97. The van der Waals surface area contributed by atoms with Crippen molar-refractivity contribution in [2.75, 3.05) is 25.6 Å². The van der Waals surface area contributed by atoms with Crippen LogP contribution in [0.15, 0.2) is 23.8 Å². The molecule has 47 heavy (non-hydrogen) atoms. The number of alkyl halides is 1. The quantitative estimate of drug-likeness (QED) is 0.207. The zero-order chi connectivity index (χ0) is 32.7. The van der Waals surface area contributed by atoms with Crippen molar-refractivity contribution in [1.82, 2.24) is 39.0 Å². The average molecular weight is 697 g/mol. The van der Waals surface area contributed by atoms with E-state index in [1.165, 1.54) is 28.1 Å². The van der Waals surface area contributed by atoms with Crippen LogP contribution in [0.4, 0.5) is 10.2 Å². The van der Waals surface area contributed by atoms with Crippen molar-refractivity contribution in [2.24, 2.45) is 11.3 Å². The Bertz CT molecular complexity index is 2130. The number of H-pyrrole nitrogens is 1. The van der Waals surface area contributed by atoms with Crippen LogP contribution in [-0.4, -0.2) is 98.7 Å². The van der Waals surface area contributed by atoms with E-state index in [2.05, 4.69) is 29.9 Å². The third kappa shape index (κ3) is 4.29. The highest BCUT2D eigenvalue weighted by molar-refractivity contribution is 7.47. The van der Waals surface area contributed by atoms with Crippen molar-refractivity contribution < 1.29 is 50.9 Å². The minimum absolute atomic E-state index is 0.00327. The van der Waals surface area contributed by atoms with Crippen molar-refractivity contribution >= 4 is 43.8 Å². The van der Waals surface area contributed by atoms with E-state index in [4.69, 9.17) is 33.3 Å². The first-order valence-corrected chi connectivity index (χ1v) is 17.4. The van der Waals surface area contributed by atoms with Crippen LogP contribution in [0.1, 0.15) is 24.5 Å². The van der Waals surface area contributed by atoms with Crippen LogP contribution < -0.4 is 11.3 Å². The van der Waals surface area contributed by atoms with Crippen molar-refractivity contribution in [3.8, 4) is 0 Å². The fraction of sp³-hybridized carbons (Fsp3) is 0.583. The minimum Gasteiger partial charge on any atom is -0.382 e. The van der Waals surface area contributed by atoms with Crippen LogP contribution in [0.5, 0.6) is 0 Å². The number of aryl methyl sites for hydroxylation is 1. The molecule has 4 aromatic heterocycles. The van der Waals surface area contributed by atoms with Gasteiger partial charge in [0.05, 0.1) is 38.5 Å². The summed E-state index contributed by atoms with van der Waals surface area (Å²) < 4.78 is 80.4. The van der Waals surface area contributed by atoms with Crippen molar-refractivity contribution in [1.29, 1.82) is 0 Å². The highest BCUT2D eigenvalue weighted by Crippen LogP contribution is 2.73. The number of hydrogen-bond acceptors (Lipinski definition) is 15. The van der Waals surface area contributed by atoms with E-state index in [1.54, 1.807) is 6.92 Å². The molecule has 2 bridgehead atoms. The molecule has 23 heteroatoms. The number of aromatic nitrogens is 8. The molecule has 5 fully saturated rings. The van der Waals surface area contributed by atoms with Gasteiger partial charge in [-0.3, -0.25) is 27.5 Å². The number of nitrogens with two attached hydrogens (primary N) is 1. The van der Waals surface area contributed by atoms with Gasteiger partial charge < -0.3 is 34.5 Å². The molecule has 0 aromatic carbocycles. The fourth-order valence-corrected chi connectivity index (χ4v) is 9.66. The molecular weight excluding hydrogens is 671 g/mol. The van der Waals surface area contributed by atoms with Gasteiger partial charge in [-0.05, 0) is 19.3 Å². The lowest BCUT2D eigenvalue weighted by atomic mass is 10.0. The molecule has 5 N–H and O–H groups in total. The van der Waals surface area contributed by atoms with Crippen LogP contribution in [-0.2, 0) is 36.7 Å². The highest BCUT2D eigenvalue weighted by atomic mass is 31.2. The Morgan fingerprint density at radius 3 is 2.53 bits per heavy atom. The Morgan fingerprint density at radius 1 is 1.00 bits per heavy atom. The van der Waals surface area contributed by atoms with E-state index in [1.807, 2.05) is 0 Å². The Labute approximate surface area is 261 Å². The van der Waals surface area contributed by atoms with E-state index in [0.717, 1.165) is 0 Å². The Hall–Kier alpha value is -3.23. The number of imidazole rings is 2. The zero-order valence-corrected chi connectivity index (χ0v) is 25.9. The molecule has 11 atom stereocenters. The van der Waals surface area contributed by atoms with Gasteiger partial charge in [0.25, 0.3) is 5.56 Å². The number of fused-ring (bicyclic) bond motifs is 2. The third-order valence-electron chi connectivity index (χ3n) is 9.74. The molecule has 1 spiro atoms. The summed E-state index contributed by atoms with van der Waals surface area (Å²) in [5.41, 5.74) is 2.97. The van der Waals surface area contributed by atoms with Gasteiger partial charge >= 0.3 is 15.6 Å². The number of aromatic amines is 1. The Morgan fingerprint density at radius 2 is 1.72 bits per heavy atom. The highest BCUT2D eigenvalue weighted by Gasteiger charge is 2.75. The molecule has 5 aliphatic rings. The maximum atomic E-state index is 16.4. The molecule has 0 amide bonds. The molecule has 250 valence electrons. The lowest BCUT2D eigenvalue weighted by molar-refractivity contribution is -0.184. The lowest BCUT2D eigenvalue weighted by Crippen LogP contribution is -2.46. The predicted molar refractivity (Wildman–Crippen MR) is 151 cm³/mol. The molecule has 2 unspecified atom stereocenters. The third-order valence-corrected chi connectivity index (χ3v) is 11.6. The van der Waals surface area contributed by atoms with Crippen LogP contribution in [0, 0.1) is 18.3 Å². The van der Waals surface area contributed by atoms with Gasteiger partial charge in [-0.1, -0.05) is 0 Å². The predicted octanol–water partition coefficient (Wildman–Crippen LogP) is 0.434. The average Bonchev–Trinajstić information content (AvgIpc) is 3.43. The van der Waals surface area contributed by atoms with Crippen molar-refractivity contribution in [2.45, 2.75) is 55.7 Å². The van der Waals surface area contributed by atoms with E-state index in [-0.39, 0.29) is 41.2 Å². The van der Waals surface area contributed by atoms with Gasteiger partial charge in [0.2, 0.25) is 0 Å². The van der Waals surface area contributed by atoms with Crippen molar-refractivity contribution in [3.05, 3.63) is 35.2 Å². The zero-order valence-electron chi connectivity index (χ0n) is 24.2.